The largest absolute Gasteiger partial charge is 0.346 e. The second kappa shape index (κ2) is 7.84. The summed E-state index contributed by atoms with van der Waals surface area (Å²) in [6, 6.07) is 16.0. The van der Waals surface area contributed by atoms with E-state index in [0.29, 0.717) is 15.8 Å². The molecule has 3 heterocycles. The predicted octanol–water partition coefficient (Wildman–Crippen LogP) is 3.67. The number of hydrogen-bond donors (Lipinski definition) is 1. The highest BCUT2D eigenvalue weighted by atomic mass is 35.5. The standard InChI is InChI=1S/C20H15ClN4O2S/c21-18-9-8-17(28-18)20(27)22-11-14-12-24(13-23-14)15-4-6-16(7-5-15)25-10-2-1-3-19(25)26/h1-10,12-13H,11H2,(H,22,27). The Labute approximate surface area is 169 Å². The number of thiophene rings is 1. The molecular weight excluding hydrogens is 396 g/mol. The van der Waals surface area contributed by atoms with Crippen LogP contribution in [0, 0.1) is 0 Å². The van der Waals surface area contributed by atoms with Crippen LogP contribution < -0.4 is 10.9 Å². The Balaban J connectivity index is 1.45. The highest BCUT2D eigenvalue weighted by Crippen LogP contribution is 2.21. The first kappa shape index (κ1) is 18.2. The van der Waals surface area contributed by atoms with E-state index < -0.39 is 0 Å². The molecule has 1 N–H and O–H groups in total. The van der Waals surface area contributed by atoms with Crippen molar-refractivity contribution in [2.75, 3.05) is 0 Å². The lowest BCUT2D eigenvalue weighted by molar-refractivity contribution is 0.0954. The van der Waals surface area contributed by atoms with Gasteiger partial charge in [0.1, 0.15) is 0 Å². The van der Waals surface area contributed by atoms with E-state index in [2.05, 4.69) is 10.3 Å². The summed E-state index contributed by atoms with van der Waals surface area (Å²) < 4.78 is 4.02. The second-order valence-electron chi connectivity index (χ2n) is 5.98. The SMILES string of the molecule is O=C(NCc1cn(-c2ccc(-n3ccccc3=O)cc2)cn1)c1ccc(Cl)s1. The van der Waals surface area contributed by atoms with Crippen LogP contribution in [0.2, 0.25) is 4.34 Å². The molecule has 0 aliphatic heterocycles. The Hall–Kier alpha value is -3.16. The number of pyridine rings is 1. The number of imidazole rings is 1. The number of nitrogens with one attached hydrogen (secondary N) is 1. The van der Waals surface area contributed by atoms with Crippen LogP contribution in [-0.4, -0.2) is 20.0 Å². The first-order valence-corrected chi connectivity index (χ1v) is 9.64. The average Bonchev–Trinajstić information content (AvgIpc) is 3.36. The van der Waals surface area contributed by atoms with E-state index in [1.54, 1.807) is 35.3 Å². The molecule has 1 aromatic carbocycles. The maximum absolute atomic E-state index is 12.1. The molecule has 1 amide bonds. The molecule has 0 bridgehead atoms. The summed E-state index contributed by atoms with van der Waals surface area (Å²) in [4.78, 5) is 28.9. The number of benzene rings is 1. The zero-order valence-electron chi connectivity index (χ0n) is 14.6. The molecule has 6 nitrogen and oxygen atoms in total. The normalized spacial score (nSPS) is 10.8. The van der Waals surface area contributed by atoms with Gasteiger partial charge in [0.2, 0.25) is 0 Å². The number of aromatic nitrogens is 3. The van der Waals surface area contributed by atoms with Crippen molar-refractivity contribution in [3.8, 4) is 11.4 Å². The van der Waals surface area contributed by atoms with Gasteiger partial charge < -0.3 is 9.88 Å². The van der Waals surface area contributed by atoms with Gasteiger partial charge in [-0.2, -0.15) is 0 Å². The lowest BCUT2D eigenvalue weighted by atomic mass is 10.2. The zero-order valence-corrected chi connectivity index (χ0v) is 16.2. The fourth-order valence-corrected chi connectivity index (χ4v) is 3.68. The average molecular weight is 411 g/mol. The Morgan fingerprint density at radius 2 is 1.86 bits per heavy atom. The summed E-state index contributed by atoms with van der Waals surface area (Å²) in [5, 5.41) is 2.83. The number of carbonyl (C=O) groups is 1. The van der Waals surface area contributed by atoms with Crippen molar-refractivity contribution in [1.29, 1.82) is 0 Å². The van der Waals surface area contributed by atoms with Gasteiger partial charge in [0.05, 0.1) is 27.8 Å². The molecule has 0 unspecified atom stereocenters. The van der Waals surface area contributed by atoms with Crippen LogP contribution in [0.25, 0.3) is 11.4 Å². The van der Waals surface area contributed by atoms with Gasteiger partial charge in [-0.1, -0.05) is 17.7 Å². The summed E-state index contributed by atoms with van der Waals surface area (Å²) in [5.41, 5.74) is 2.35. The quantitative estimate of drug-likeness (QED) is 0.545. The molecule has 140 valence electrons. The summed E-state index contributed by atoms with van der Waals surface area (Å²) >= 11 is 7.09. The van der Waals surface area contributed by atoms with Gasteiger partial charge in [-0.25, -0.2) is 4.98 Å². The van der Waals surface area contributed by atoms with E-state index in [0.717, 1.165) is 17.1 Å². The highest BCUT2D eigenvalue weighted by Gasteiger charge is 2.09. The molecule has 4 rings (SSSR count). The number of nitrogens with zero attached hydrogens (tertiary/aromatic N) is 3. The van der Waals surface area contributed by atoms with Gasteiger partial charge in [0, 0.05) is 29.8 Å². The molecule has 0 saturated carbocycles. The van der Waals surface area contributed by atoms with E-state index in [1.165, 1.54) is 17.4 Å². The molecule has 0 radical (unpaired) electrons. The minimum atomic E-state index is -0.177. The molecule has 28 heavy (non-hydrogen) atoms. The van der Waals surface area contributed by atoms with E-state index in [9.17, 15) is 9.59 Å². The Bertz CT molecular complexity index is 1180. The lowest BCUT2D eigenvalue weighted by Gasteiger charge is -2.07. The number of rotatable bonds is 5. The molecule has 0 spiro atoms. The van der Waals surface area contributed by atoms with E-state index in [1.807, 2.05) is 41.1 Å². The summed E-state index contributed by atoms with van der Waals surface area (Å²) in [6.45, 7) is 0.318. The summed E-state index contributed by atoms with van der Waals surface area (Å²) in [7, 11) is 0. The Morgan fingerprint density at radius 1 is 1.07 bits per heavy atom. The van der Waals surface area contributed by atoms with Crippen molar-refractivity contribution in [2.45, 2.75) is 6.54 Å². The topological polar surface area (TPSA) is 68.9 Å². The molecular formula is C20H15ClN4O2S. The van der Waals surface area contributed by atoms with Crippen LogP contribution in [-0.2, 0) is 6.54 Å². The fraction of sp³-hybridized carbons (Fsp3) is 0.0500. The second-order valence-corrected chi connectivity index (χ2v) is 7.70. The number of halogens is 1. The zero-order chi connectivity index (χ0) is 19.5. The van der Waals surface area contributed by atoms with Gasteiger partial charge >= 0.3 is 0 Å². The van der Waals surface area contributed by atoms with E-state index >= 15 is 0 Å². The number of carbonyl (C=O) groups excluding carboxylic acids is 1. The molecule has 4 aromatic rings. The van der Waals surface area contributed by atoms with Gasteiger partial charge in [-0.05, 0) is 42.5 Å². The first-order chi connectivity index (χ1) is 13.6. The molecule has 0 saturated heterocycles. The van der Waals surface area contributed by atoms with Crippen LogP contribution in [0.3, 0.4) is 0 Å². The number of hydrogen-bond acceptors (Lipinski definition) is 4. The maximum Gasteiger partial charge on any atom is 0.261 e. The molecule has 3 aromatic heterocycles. The van der Waals surface area contributed by atoms with Crippen LogP contribution in [0.4, 0.5) is 0 Å². The van der Waals surface area contributed by atoms with Gasteiger partial charge in [0.25, 0.3) is 11.5 Å². The molecule has 0 atom stereocenters. The maximum atomic E-state index is 12.1. The van der Waals surface area contributed by atoms with Crippen molar-refractivity contribution < 1.29 is 4.79 Å². The smallest absolute Gasteiger partial charge is 0.261 e. The third-order valence-electron chi connectivity index (χ3n) is 4.11. The van der Waals surface area contributed by atoms with E-state index in [4.69, 9.17) is 11.6 Å². The predicted molar refractivity (Wildman–Crippen MR) is 110 cm³/mol. The van der Waals surface area contributed by atoms with Crippen LogP contribution in [0.15, 0.2) is 78.1 Å². The highest BCUT2D eigenvalue weighted by molar-refractivity contribution is 7.17. The lowest BCUT2D eigenvalue weighted by Crippen LogP contribution is -2.21. The van der Waals surface area contributed by atoms with Gasteiger partial charge in [-0.15, -0.1) is 11.3 Å². The molecule has 0 aliphatic carbocycles. The van der Waals surface area contributed by atoms with Crippen molar-refractivity contribution in [2.24, 2.45) is 0 Å². The van der Waals surface area contributed by atoms with Crippen LogP contribution >= 0.6 is 22.9 Å². The molecule has 0 fully saturated rings. The Kier molecular flexibility index (Phi) is 5.10. The van der Waals surface area contributed by atoms with Crippen molar-refractivity contribution in [1.82, 2.24) is 19.4 Å². The van der Waals surface area contributed by atoms with Crippen molar-refractivity contribution >= 4 is 28.8 Å². The molecule has 8 heteroatoms. The minimum absolute atomic E-state index is 0.0806. The summed E-state index contributed by atoms with van der Waals surface area (Å²) in [6.07, 6.45) is 5.27. The monoisotopic (exact) mass is 410 g/mol. The molecule has 0 aliphatic rings. The van der Waals surface area contributed by atoms with Crippen molar-refractivity contribution in [3.05, 3.63) is 98.6 Å². The third kappa shape index (κ3) is 3.90. The summed E-state index contributed by atoms with van der Waals surface area (Å²) in [5.74, 6) is -0.177. The van der Waals surface area contributed by atoms with Crippen LogP contribution in [0.1, 0.15) is 15.4 Å². The Morgan fingerprint density at radius 3 is 2.57 bits per heavy atom. The first-order valence-electron chi connectivity index (χ1n) is 8.45. The minimum Gasteiger partial charge on any atom is -0.346 e. The van der Waals surface area contributed by atoms with E-state index in [-0.39, 0.29) is 11.5 Å². The fourth-order valence-electron chi connectivity index (χ4n) is 2.72. The van der Waals surface area contributed by atoms with Gasteiger partial charge in [0.15, 0.2) is 0 Å². The van der Waals surface area contributed by atoms with Crippen LogP contribution in [0.5, 0.6) is 0 Å². The van der Waals surface area contributed by atoms with Crippen molar-refractivity contribution in [3.63, 3.8) is 0 Å². The number of amides is 1. The third-order valence-corrected chi connectivity index (χ3v) is 5.34. The van der Waals surface area contributed by atoms with Gasteiger partial charge in [-0.3, -0.25) is 14.2 Å².